The summed E-state index contributed by atoms with van der Waals surface area (Å²) in [7, 11) is 0. The van der Waals surface area contributed by atoms with E-state index >= 15 is 0 Å². The maximum atomic E-state index is 13.1. The molecular weight excluding hydrogens is 226 g/mol. The third-order valence-electron chi connectivity index (χ3n) is 2.37. The zero-order valence-corrected chi connectivity index (χ0v) is 9.34. The van der Waals surface area contributed by atoms with Crippen LogP contribution in [-0.2, 0) is 6.54 Å². The molecule has 0 fully saturated rings. The molecule has 1 N–H and O–H groups in total. The monoisotopic (exact) mass is 238 g/mol. The molecule has 1 aromatic heterocycles. The van der Waals surface area contributed by atoms with E-state index in [1.165, 1.54) is 12.5 Å². The molecule has 2 rings (SSSR count). The average molecular weight is 238 g/mol. The summed E-state index contributed by atoms with van der Waals surface area (Å²) >= 11 is 0. The highest BCUT2D eigenvalue weighted by atomic mass is 19.2. The van der Waals surface area contributed by atoms with Gasteiger partial charge in [-0.2, -0.15) is 0 Å². The Labute approximate surface area is 97.5 Å². The Bertz CT molecular complexity index is 511. The maximum Gasteiger partial charge on any atom is 0.181 e. The summed E-state index contributed by atoms with van der Waals surface area (Å²) in [5, 5.41) is 3.10. The normalized spacial score (nSPS) is 10.8. The summed E-state index contributed by atoms with van der Waals surface area (Å²) in [6, 6.07) is 3.64. The van der Waals surface area contributed by atoms with Gasteiger partial charge in [0.15, 0.2) is 23.8 Å². The minimum atomic E-state index is -0.895. The lowest BCUT2D eigenvalue weighted by Crippen LogP contribution is -2.12. The predicted molar refractivity (Wildman–Crippen MR) is 59.2 cm³/mol. The fourth-order valence-corrected chi connectivity index (χ4v) is 1.51. The smallest absolute Gasteiger partial charge is 0.181 e. The molecule has 2 aromatic rings. The van der Waals surface area contributed by atoms with Crippen LogP contribution in [0.15, 0.2) is 29.0 Å². The molecule has 1 aromatic carbocycles. The van der Waals surface area contributed by atoms with Gasteiger partial charge < -0.3 is 9.73 Å². The van der Waals surface area contributed by atoms with E-state index in [2.05, 4.69) is 10.3 Å². The number of hydrogen-bond donors (Lipinski definition) is 1. The summed E-state index contributed by atoms with van der Waals surface area (Å²) < 4.78 is 31.1. The van der Waals surface area contributed by atoms with Crippen molar-refractivity contribution in [1.82, 2.24) is 10.3 Å². The van der Waals surface area contributed by atoms with E-state index in [4.69, 9.17) is 4.42 Å². The zero-order valence-electron chi connectivity index (χ0n) is 9.34. The van der Waals surface area contributed by atoms with E-state index in [9.17, 15) is 8.78 Å². The molecule has 0 spiro atoms. The van der Waals surface area contributed by atoms with Crippen molar-refractivity contribution in [2.75, 3.05) is 6.54 Å². The summed E-state index contributed by atoms with van der Waals surface area (Å²) in [6.45, 7) is 3.29. The van der Waals surface area contributed by atoms with Gasteiger partial charge in [0.2, 0.25) is 0 Å². The molecule has 5 heteroatoms. The van der Waals surface area contributed by atoms with Crippen molar-refractivity contribution in [3.63, 3.8) is 0 Å². The number of aromatic nitrogens is 1. The van der Waals surface area contributed by atoms with Crippen LogP contribution in [0.2, 0.25) is 0 Å². The molecule has 0 saturated carbocycles. The lowest BCUT2D eigenvalue weighted by Gasteiger charge is -2.02. The van der Waals surface area contributed by atoms with Crippen molar-refractivity contribution < 1.29 is 13.2 Å². The van der Waals surface area contributed by atoms with Crippen LogP contribution in [0.5, 0.6) is 0 Å². The Morgan fingerprint density at radius 2 is 2.12 bits per heavy atom. The third-order valence-corrected chi connectivity index (χ3v) is 2.37. The quantitative estimate of drug-likeness (QED) is 0.890. The Morgan fingerprint density at radius 1 is 1.29 bits per heavy atom. The minimum absolute atomic E-state index is 0.463. The molecule has 0 unspecified atom stereocenters. The summed E-state index contributed by atoms with van der Waals surface area (Å²) in [5.41, 5.74) is 1.16. The second-order valence-electron chi connectivity index (χ2n) is 3.54. The van der Waals surface area contributed by atoms with E-state index in [-0.39, 0.29) is 0 Å². The molecule has 0 aliphatic rings. The van der Waals surface area contributed by atoms with Crippen molar-refractivity contribution in [3.05, 3.63) is 41.9 Å². The summed E-state index contributed by atoms with van der Waals surface area (Å²) in [4.78, 5) is 4.04. The van der Waals surface area contributed by atoms with Gasteiger partial charge in [-0.25, -0.2) is 13.8 Å². The molecular formula is C12H12F2N2O. The molecule has 0 aliphatic heterocycles. The Balaban J connectivity index is 2.32. The van der Waals surface area contributed by atoms with Gasteiger partial charge in [0.1, 0.15) is 5.69 Å². The maximum absolute atomic E-state index is 13.1. The highest BCUT2D eigenvalue weighted by Gasteiger charge is 2.12. The van der Waals surface area contributed by atoms with Crippen LogP contribution in [0.3, 0.4) is 0 Å². The number of oxazole rings is 1. The summed E-state index contributed by atoms with van der Waals surface area (Å²) in [5.74, 6) is -1.31. The highest BCUT2D eigenvalue weighted by Crippen LogP contribution is 2.24. The van der Waals surface area contributed by atoms with Crippen LogP contribution >= 0.6 is 0 Å². The van der Waals surface area contributed by atoms with Gasteiger partial charge in [0, 0.05) is 12.1 Å². The molecule has 3 nitrogen and oxygen atoms in total. The first-order valence-corrected chi connectivity index (χ1v) is 5.31. The Morgan fingerprint density at radius 3 is 2.82 bits per heavy atom. The summed E-state index contributed by atoms with van der Waals surface area (Å²) in [6.07, 6.45) is 1.29. The number of hydrogen-bond acceptors (Lipinski definition) is 3. The predicted octanol–water partition coefficient (Wildman–Crippen LogP) is 2.73. The number of nitrogens with one attached hydrogen (secondary N) is 1. The van der Waals surface area contributed by atoms with Gasteiger partial charge in [0.25, 0.3) is 0 Å². The van der Waals surface area contributed by atoms with Gasteiger partial charge in [-0.3, -0.25) is 0 Å². The van der Waals surface area contributed by atoms with Gasteiger partial charge in [-0.15, -0.1) is 0 Å². The van der Waals surface area contributed by atoms with Crippen molar-refractivity contribution in [2.24, 2.45) is 0 Å². The topological polar surface area (TPSA) is 38.1 Å². The van der Waals surface area contributed by atoms with Crippen LogP contribution in [-0.4, -0.2) is 11.5 Å². The van der Waals surface area contributed by atoms with E-state index in [0.717, 1.165) is 18.7 Å². The Kier molecular flexibility index (Phi) is 3.49. The largest absolute Gasteiger partial charge is 0.443 e. The first-order valence-electron chi connectivity index (χ1n) is 5.31. The van der Waals surface area contributed by atoms with Crippen LogP contribution in [0.25, 0.3) is 11.3 Å². The molecule has 0 atom stereocenters. The molecule has 0 aliphatic carbocycles. The van der Waals surface area contributed by atoms with E-state index in [1.807, 2.05) is 6.92 Å². The van der Waals surface area contributed by atoms with Crippen molar-refractivity contribution in [3.8, 4) is 11.3 Å². The molecule has 0 bridgehead atoms. The number of rotatable bonds is 4. The van der Waals surface area contributed by atoms with E-state index in [0.29, 0.717) is 23.6 Å². The molecule has 0 radical (unpaired) electrons. The fourth-order valence-electron chi connectivity index (χ4n) is 1.51. The van der Waals surface area contributed by atoms with Gasteiger partial charge in [-0.1, -0.05) is 6.92 Å². The second-order valence-corrected chi connectivity index (χ2v) is 3.54. The van der Waals surface area contributed by atoms with Crippen molar-refractivity contribution >= 4 is 0 Å². The van der Waals surface area contributed by atoms with Gasteiger partial charge in [0.05, 0.1) is 0 Å². The SMILES string of the molecule is CCNCc1ncoc1-c1ccc(F)c(F)c1. The van der Waals surface area contributed by atoms with E-state index < -0.39 is 11.6 Å². The minimum Gasteiger partial charge on any atom is -0.443 e. The standard InChI is InChI=1S/C12H12F2N2O/c1-2-15-6-11-12(17-7-16-11)8-3-4-9(13)10(14)5-8/h3-5,7,15H,2,6H2,1H3. The number of benzene rings is 1. The van der Waals surface area contributed by atoms with Crippen LogP contribution in [0.1, 0.15) is 12.6 Å². The van der Waals surface area contributed by atoms with E-state index in [1.54, 1.807) is 0 Å². The molecule has 90 valence electrons. The fraction of sp³-hybridized carbons (Fsp3) is 0.250. The first-order chi connectivity index (χ1) is 8.22. The van der Waals surface area contributed by atoms with Crippen LogP contribution in [0.4, 0.5) is 8.78 Å². The average Bonchev–Trinajstić information content (AvgIpc) is 2.78. The van der Waals surface area contributed by atoms with Gasteiger partial charge >= 0.3 is 0 Å². The third kappa shape index (κ3) is 2.50. The molecule has 1 heterocycles. The Hall–Kier alpha value is -1.75. The van der Waals surface area contributed by atoms with Crippen LogP contribution < -0.4 is 5.32 Å². The lowest BCUT2D eigenvalue weighted by molar-refractivity contribution is 0.507. The lowest BCUT2D eigenvalue weighted by atomic mass is 10.1. The second kappa shape index (κ2) is 5.05. The van der Waals surface area contributed by atoms with Gasteiger partial charge in [-0.05, 0) is 24.7 Å². The molecule has 0 amide bonds. The van der Waals surface area contributed by atoms with Crippen LogP contribution in [0, 0.1) is 11.6 Å². The highest BCUT2D eigenvalue weighted by molar-refractivity contribution is 5.59. The molecule has 17 heavy (non-hydrogen) atoms. The van der Waals surface area contributed by atoms with Crippen molar-refractivity contribution in [1.29, 1.82) is 0 Å². The first kappa shape index (κ1) is 11.7. The number of halogens is 2. The number of nitrogens with zero attached hydrogens (tertiary/aromatic N) is 1. The zero-order chi connectivity index (χ0) is 12.3. The molecule has 0 saturated heterocycles. The van der Waals surface area contributed by atoms with Crippen molar-refractivity contribution in [2.45, 2.75) is 13.5 Å².